The average Bonchev–Trinajstić information content (AvgIpc) is 3.70. The number of tetrazole rings is 1. The van der Waals surface area contributed by atoms with Gasteiger partial charge in [0.15, 0.2) is 0 Å². The molecule has 0 bridgehead atoms. The number of carbonyl (C=O) groups is 2. The van der Waals surface area contributed by atoms with Gasteiger partial charge in [0, 0.05) is 28.6 Å². The Kier molecular flexibility index (Phi) is 10.2. The Morgan fingerprint density at radius 2 is 1.84 bits per heavy atom. The lowest BCUT2D eigenvalue weighted by atomic mass is 10.0. The molecule has 0 unspecified atom stereocenters. The summed E-state index contributed by atoms with van der Waals surface area (Å²) in [5.41, 5.74) is 4.70. The Morgan fingerprint density at radius 3 is 2.57 bits per heavy atom. The minimum Gasteiger partial charge on any atom is -0.466 e. The van der Waals surface area contributed by atoms with E-state index in [9.17, 15) is 9.59 Å². The number of nitrogens with one attached hydrogen (secondary N) is 2. The van der Waals surface area contributed by atoms with E-state index < -0.39 is 6.04 Å². The van der Waals surface area contributed by atoms with Crippen LogP contribution in [-0.2, 0) is 27.2 Å². The predicted molar refractivity (Wildman–Crippen MR) is 168 cm³/mol. The van der Waals surface area contributed by atoms with Crippen molar-refractivity contribution in [2.75, 3.05) is 6.61 Å². The number of aromatic nitrogens is 6. The van der Waals surface area contributed by atoms with Gasteiger partial charge < -0.3 is 15.0 Å². The normalized spacial score (nSPS) is 11.9. The minimum absolute atomic E-state index is 0.224. The summed E-state index contributed by atoms with van der Waals surface area (Å²) in [5, 5.41) is 15.2. The molecule has 0 aliphatic carbocycles. The molecule has 0 radical (unpaired) electrons. The van der Waals surface area contributed by atoms with Crippen LogP contribution in [0, 0.1) is 0 Å². The Morgan fingerprint density at radius 1 is 1.05 bits per heavy atom. The molecular formula is C32H29Cl2N7O3. The van der Waals surface area contributed by atoms with E-state index in [0.717, 1.165) is 16.7 Å². The van der Waals surface area contributed by atoms with Crippen molar-refractivity contribution in [3.8, 4) is 16.9 Å². The number of imidazole rings is 1. The first-order chi connectivity index (χ1) is 21.4. The number of ether oxygens (including phenoxy) is 1. The first kappa shape index (κ1) is 30.7. The van der Waals surface area contributed by atoms with Crippen molar-refractivity contribution in [2.24, 2.45) is 0 Å². The van der Waals surface area contributed by atoms with Crippen LogP contribution in [0.3, 0.4) is 0 Å². The zero-order chi connectivity index (χ0) is 30.9. The van der Waals surface area contributed by atoms with Crippen LogP contribution in [0.1, 0.15) is 41.9 Å². The Balaban J connectivity index is 1.36. The summed E-state index contributed by atoms with van der Waals surface area (Å²) >= 11 is 12.9. The van der Waals surface area contributed by atoms with Gasteiger partial charge in [-0.3, -0.25) is 9.59 Å². The van der Waals surface area contributed by atoms with Gasteiger partial charge in [-0.05, 0) is 65.6 Å². The highest BCUT2D eigenvalue weighted by Crippen LogP contribution is 2.29. The number of esters is 1. The Labute approximate surface area is 264 Å². The van der Waals surface area contributed by atoms with Gasteiger partial charge in [-0.1, -0.05) is 77.8 Å². The van der Waals surface area contributed by atoms with Gasteiger partial charge in [-0.25, -0.2) is 4.98 Å². The quantitative estimate of drug-likeness (QED) is 0.129. The van der Waals surface area contributed by atoms with E-state index in [0.29, 0.717) is 58.8 Å². The number of rotatable bonds is 12. The SMILES string of the molecule is CCOC(=O)CCc1ccc(-c2nc([C@H](Cc3ccccc3)NC(=O)C=Cc3cc(Cl)ccc3-n3cnnn3)[nH]c2Cl)cc1. The van der Waals surface area contributed by atoms with Crippen molar-refractivity contribution in [2.45, 2.75) is 32.2 Å². The van der Waals surface area contributed by atoms with Crippen LogP contribution in [0.2, 0.25) is 10.2 Å². The standard InChI is InChI=1S/C32H29Cl2N7O3/c1-2-44-29(43)17-10-21-8-11-23(12-9-21)30-31(34)38-32(37-30)26(18-22-6-4-3-5-7-22)36-28(42)16-13-24-19-25(33)14-15-27(24)41-20-35-39-40-41/h3-9,11-16,19-20,26H,2,10,17-18H2,1H3,(H,36,42)(H,37,38)/t26-/m0/s1. The lowest BCUT2D eigenvalue weighted by Gasteiger charge is -2.16. The number of aryl methyl sites for hydroxylation is 1. The second kappa shape index (κ2) is 14.6. The second-order valence-corrected chi connectivity index (χ2v) is 10.6. The molecular weight excluding hydrogens is 601 g/mol. The van der Waals surface area contributed by atoms with Crippen LogP contribution in [0.25, 0.3) is 23.0 Å². The lowest BCUT2D eigenvalue weighted by Crippen LogP contribution is -2.29. The molecule has 1 amide bonds. The lowest BCUT2D eigenvalue weighted by molar-refractivity contribution is -0.143. The molecule has 1 atom stereocenters. The maximum atomic E-state index is 13.2. The van der Waals surface area contributed by atoms with E-state index in [4.69, 9.17) is 32.9 Å². The van der Waals surface area contributed by atoms with Crippen molar-refractivity contribution in [1.82, 2.24) is 35.5 Å². The fourth-order valence-corrected chi connectivity index (χ4v) is 5.05. The molecule has 2 heterocycles. The molecule has 0 aliphatic heterocycles. The molecule has 0 saturated carbocycles. The van der Waals surface area contributed by atoms with Gasteiger partial charge in [0.05, 0.1) is 18.3 Å². The topological polar surface area (TPSA) is 128 Å². The summed E-state index contributed by atoms with van der Waals surface area (Å²) in [4.78, 5) is 32.9. The molecule has 0 saturated heterocycles. The van der Waals surface area contributed by atoms with Crippen LogP contribution < -0.4 is 5.32 Å². The van der Waals surface area contributed by atoms with E-state index in [2.05, 4.69) is 25.8 Å². The van der Waals surface area contributed by atoms with E-state index >= 15 is 0 Å². The molecule has 5 aromatic rings. The minimum atomic E-state index is -0.511. The molecule has 3 aromatic carbocycles. The van der Waals surface area contributed by atoms with E-state index in [-0.39, 0.29) is 11.9 Å². The molecule has 10 nitrogen and oxygen atoms in total. The maximum absolute atomic E-state index is 13.2. The number of hydrogen-bond donors (Lipinski definition) is 2. The second-order valence-electron chi connectivity index (χ2n) is 9.83. The number of nitrogens with zero attached hydrogens (tertiary/aromatic N) is 5. The molecule has 12 heteroatoms. The molecule has 2 N–H and O–H groups in total. The van der Waals surface area contributed by atoms with E-state index in [1.165, 1.54) is 17.1 Å². The van der Waals surface area contributed by atoms with Crippen LogP contribution in [0.5, 0.6) is 0 Å². The van der Waals surface area contributed by atoms with Crippen molar-refractivity contribution in [1.29, 1.82) is 0 Å². The van der Waals surface area contributed by atoms with Gasteiger partial charge in [-0.2, -0.15) is 4.68 Å². The summed E-state index contributed by atoms with van der Waals surface area (Å²) < 4.78 is 6.50. The maximum Gasteiger partial charge on any atom is 0.306 e. The fraction of sp³-hybridized carbons (Fsp3) is 0.188. The van der Waals surface area contributed by atoms with Crippen molar-refractivity contribution < 1.29 is 14.3 Å². The summed E-state index contributed by atoms with van der Waals surface area (Å²) in [5.74, 6) is -0.0499. The first-order valence-corrected chi connectivity index (χ1v) is 14.7. The zero-order valence-electron chi connectivity index (χ0n) is 23.8. The van der Waals surface area contributed by atoms with Gasteiger partial charge >= 0.3 is 5.97 Å². The molecule has 5 rings (SSSR count). The first-order valence-electron chi connectivity index (χ1n) is 14.0. The number of amides is 1. The monoisotopic (exact) mass is 629 g/mol. The highest BCUT2D eigenvalue weighted by atomic mass is 35.5. The van der Waals surface area contributed by atoms with Crippen molar-refractivity contribution in [3.05, 3.63) is 118 Å². The summed E-state index contributed by atoms with van der Waals surface area (Å²) in [6, 6.07) is 22.2. The average molecular weight is 631 g/mol. The van der Waals surface area contributed by atoms with E-state index in [1.807, 2.05) is 54.6 Å². The number of H-pyrrole nitrogens is 1. The van der Waals surface area contributed by atoms with Gasteiger partial charge in [-0.15, -0.1) is 5.10 Å². The third kappa shape index (κ3) is 7.97. The molecule has 44 heavy (non-hydrogen) atoms. The number of hydrogen-bond acceptors (Lipinski definition) is 7. The number of halogens is 2. The van der Waals surface area contributed by atoms with Crippen molar-refractivity contribution in [3.63, 3.8) is 0 Å². The van der Waals surface area contributed by atoms with Crippen LogP contribution in [0.15, 0.2) is 85.2 Å². The van der Waals surface area contributed by atoms with Crippen LogP contribution in [0.4, 0.5) is 0 Å². The molecule has 0 aliphatic rings. The molecule has 0 fully saturated rings. The molecule has 0 spiro atoms. The molecule has 224 valence electrons. The third-order valence-corrected chi connectivity index (χ3v) is 7.27. The van der Waals surface area contributed by atoms with Gasteiger partial charge in [0.1, 0.15) is 23.0 Å². The highest BCUT2D eigenvalue weighted by Gasteiger charge is 2.21. The van der Waals surface area contributed by atoms with Gasteiger partial charge in [0.2, 0.25) is 5.91 Å². The Bertz CT molecular complexity index is 1740. The largest absolute Gasteiger partial charge is 0.466 e. The molecule has 2 aromatic heterocycles. The van der Waals surface area contributed by atoms with Crippen LogP contribution in [-0.4, -0.2) is 48.7 Å². The highest BCUT2D eigenvalue weighted by molar-refractivity contribution is 6.32. The summed E-state index contributed by atoms with van der Waals surface area (Å²) in [7, 11) is 0. The smallest absolute Gasteiger partial charge is 0.306 e. The number of aromatic amines is 1. The number of benzene rings is 3. The van der Waals surface area contributed by atoms with E-state index in [1.54, 1.807) is 31.2 Å². The Hall–Kier alpha value is -4.80. The summed E-state index contributed by atoms with van der Waals surface area (Å²) in [6.07, 6.45) is 5.91. The van der Waals surface area contributed by atoms with Crippen molar-refractivity contribution >= 4 is 41.2 Å². The van der Waals surface area contributed by atoms with Crippen LogP contribution >= 0.6 is 23.2 Å². The zero-order valence-corrected chi connectivity index (χ0v) is 25.3. The van der Waals surface area contributed by atoms with Gasteiger partial charge in [0.25, 0.3) is 0 Å². The fourth-order valence-electron chi connectivity index (χ4n) is 4.62. The third-order valence-electron chi connectivity index (χ3n) is 6.76. The number of carbonyl (C=O) groups excluding carboxylic acids is 2. The predicted octanol–water partition coefficient (Wildman–Crippen LogP) is 5.97. The summed E-state index contributed by atoms with van der Waals surface area (Å²) in [6.45, 7) is 2.15.